The lowest BCUT2D eigenvalue weighted by atomic mass is 9.97. The molecule has 27 heavy (non-hydrogen) atoms. The molecule has 0 amide bonds. The van der Waals surface area contributed by atoms with Crippen molar-refractivity contribution in [3.8, 4) is 17.7 Å². The van der Waals surface area contributed by atoms with Crippen LogP contribution in [0.3, 0.4) is 0 Å². The number of hydrogen-bond donors (Lipinski definition) is 1. The Morgan fingerprint density at radius 1 is 1.41 bits per heavy atom. The predicted octanol–water partition coefficient (Wildman–Crippen LogP) is 2.15. The summed E-state index contributed by atoms with van der Waals surface area (Å²) in [6.45, 7) is 2.18. The average Bonchev–Trinajstić information content (AvgIpc) is 3.19. The summed E-state index contributed by atoms with van der Waals surface area (Å²) in [5.74, 6) is -0.313. The van der Waals surface area contributed by atoms with Gasteiger partial charge in [0.2, 0.25) is 5.88 Å². The molecule has 1 aromatic heterocycles. The molecule has 0 radical (unpaired) electrons. The van der Waals surface area contributed by atoms with Crippen LogP contribution in [0.5, 0.6) is 11.6 Å². The number of aromatic hydroxyl groups is 1. The van der Waals surface area contributed by atoms with E-state index in [1.54, 1.807) is 24.3 Å². The highest BCUT2D eigenvalue weighted by atomic mass is 16.5. The van der Waals surface area contributed by atoms with Crippen molar-refractivity contribution in [1.29, 1.82) is 5.26 Å². The SMILES string of the molecule is COc1ccc(C(=O)c2c(C)c(C#N)c(=O)n(CC3CCCO3)c2O)cc1. The molecular weight excluding hydrogens is 348 g/mol. The number of nitriles is 1. The van der Waals surface area contributed by atoms with E-state index in [1.807, 2.05) is 6.07 Å². The van der Waals surface area contributed by atoms with Crippen LogP contribution >= 0.6 is 0 Å². The monoisotopic (exact) mass is 368 g/mol. The van der Waals surface area contributed by atoms with Gasteiger partial charge < -0.3 is 14.6 Å². The fourth-order valence-corrected chi connectivity index (χ4v) is 3.27. The summed E-state index contributed by atoms with van der Waals surface area (Å²) in [4.78, 5) is 25.6. The second kappa shape index (κ2) is 7.64. The first-order valence-electron chi connectivity index (χ1n) is 8.64. The maximum Gasteiger partial charge on any atom is 0.271 e. The summed E-state index contributed by atoms with van der Waals surface area (Å²) < 4.78 is 11.7. The first-order chi connectivity index (χ1) is 13.0. The number of ketones is 1. The molecule has 1 unspecified atom stereocenters. The zero-order valence-electron chi connectivity index (χ0n) is 15.2. The fourth-order valence-electron chi connectivity index (χ4n) is 3.27. The van der Waals surface area contributed by atoms with Crippen LogP contribution in [-0.4, -0.2) is 35.3 Å². The van der Waals surface area contributed by atoms with Gasteiger partial charge in [0.25, 0.3) is 5.56 Å². The van der Waals surface area contributed by atoms with Crippen LogP contribution in [0.2, 0.25) is 0 Å². The number of nitrogens with zero attached hydrogens (tertiary/aromatic N) is 2. The van der Waals surface area contributed by atoms with Crippen LogP contribution in [0, 0.1) is 18.3 Å². The molecule has 1 N–H and O–H groups in total. The van der Waals surface area contributed by atoms with E-state index in [2.05, 4.69) is 0 Å². The minimum Gasteiger partial charge on any atom is -0.497 e. The number of rotatable bonds is 5. The van der Waals surface area contributed by atoms with Gasteiger partial charge in [0.15, 0.2) is 5.78 Å². The van der Waals surface area contributed by atoms with Crippen molar-refractivity contribution in [1.82, 2.24) is 4.57 Å². The Balaban J connectivity index is 2.11. The maximum atomic E-state index is 13.0. The quantitative estimate of drug-likeness (QED) is 0.812. The molecule has 7 heteroatoms. The second-order valence-electron chi connectivity index (χ2n) is 6.42. The third-order valence-electron chi connectivity index (χ3n) is 4.79. The minimum absolute atomic E-state index is 0.0469. The summed E-state index contributed by atoms with van der Waals surface area (Å²) in [5.41, 5.74) is -0.323. The van der Waals surface area contributed by atoms with Crippen molar-refractivity contribution >= 4 is 5.78 Å². The molecule has 0 saturated carbocycles. The molecular formula is C20H20N2O5. The lowest BCUT2D eigenvalue weighted by molar-refractivity contribution is 0.0929. The zero-order valence-corrected chi connectivity index (χ0v) is 15.2. The molecule has 1 aromatic carbocycles. The van der Waals surface area contributed by atoms with Gasteiger partial charge in [0, 0.05) is 12.2 Å². The van der Waals surface area contributed by atoms with Crippen molar-refractivity contribution in [2.24, 2.45) is 0 Å². The Morgan fingerprint density at radius 2 is 2.11 bits per heavy atom. The second-order valence-corrected chi connectivity index (χ2v) is 6.42. The lowest BCUT2D eigenvalue weighted by Crippen LogP contribution is -2.30. The average molecular weight is 368 g/mol. The Morgan fingerprint density at radius 3 is 2.67 bits per heavy atom. The third-order valence-corrected chi connectivity index (χ3v) is 4.79. The van der Waals surface area contributed by atoms with E-state index >= 15 is 0 Å². The van der Waals surface area contributed by atoms with Gasteiger partial charge in [-0.1, -0.05) is 0 Å². The standard InChI is InChI=1S/C20H20N2O5/c1-12-16(10-21)19(24)22(11-15-4-3-9-27-15)20(25)17(12)18(23)13-5-7-14(26-2)8-6-13/h5-8,15,25H,3-4,9,11H2,1-2H3. The summed E-state index contributed by atoms with van der Waals surface area (Å²) in [5, 5.41) is 20.1. The van der Waals surface area contributed by atoms with Crippen molar-refractivity contribution in [2.45, 2.75) is 32.4 Å². The number of ether oxygens (including phenoxy) is 2. The number of hydrogen-bond acceptors (Lipinski definition) is 6. The molecule has 7 nitrogen and oxygen atoms in total. The Labute approximate surface area is 156 Å². The molecule has 1 aliphatic rings. The van der Waals surface area contributed by atoms with Gasteiger partial charge in [0.05, 0.1) is 25.3 Å². The maximum absolute atomic E-state index is 13.0. The van der Waals surface area contributed by atoms with Gasteiger partial charge in [-0.15, -0.1) is 0 Å². The largest absolute Gasteiger partial charge is 0.497 e. The molecule has 2 aromatic rings. The van der Waals surface area contributed by atoms with E-state index in [0.717, 1.165) is 17.4 Å². The molecule has 2 heterocycles. The molecule has 1 atom stereocenters. The van der Waals surface area contributed by atoms with Crippen LogP contribution in [0.25, 0.3) is 0 Å². The summed E-state index contributed by atoms with van der Waals surface area (Å²) in [6, 6.07) is 8.27. The highest BCUT2D eigenvalue weighted by Gasteiger charge is 2.27. The predicted molar refractivity (Wildman–Crippen MR) is 97.2 cm³/mol. The van der Waals surface area contributed by atoms with Gasteiger partial charge >= 0.3 is 0 Å². The van der Waals surface area contributed by atoms with Crippen molar-refractivity contribution in [2.75, 3.05) is 13.7 Å². The summed E-state index contributed by atoms with van der Waals surface area (Å²) in [6.07, 6.45) is 1.39. The molecule has 1 saturated heterocycles. The number of aromatic nitrogens is 1. The third kappa shape index (κ3) is 3.44. The van der Waals surface area contributed by atoms with Crippen molar-refractivity contribution in [3.63, 3.8) is 0 Å². The van der Waals surface area contributed by atoms with Gasteiger partial charge in [-0.25, -0.2) is 0 Å². The number of methoxy groups -OCH3 is 1. The lowest BCUT2D eigenvalue weighted by Gasteiger charge is -2.18. The molecule has 1 aliphatic heterocycles. The number of carbonyl (C=O) groups is 1. The molecule has 0 aliphatic carbocycles. The molecule has 3 rings (SSSR count). The van der Waals surface area contributed by atoms with Gasteiger partial charge in [0.1, 0.15) is 17.4 Å². The molecule has 0 bridgehead atoms. The Bertz CT molecular complexity index is 964. The van der Waals surface area contributed by atoms with Crippen LogP contribution in [-0.2, 0) is 11.3 Å². The van der Waals surface area contributed by atoms with E-state index in [1.165, 1.54) is 14.0 Å². The van der Waals surface area contributed by atoms with Gasteiger partial charge in [-0.3, -0.25) is 14.2 Å². The van der Waals surface area contributed by atoms with E-state index in [4.69, 9.17) is 9.47 Å². The summed E-state index contributed by atoms with van der Waals surface area (Å²) in [7, 11) is 1.52. The topological polar surface area (TPSA) is 102 Å². The molecule has 0 spiro atoms. The summed E-state index contributed by atoms with van der Waals surface area (Å²) >= 11 is 0. The highest BCUT2D eigenvalue weighted by Crippen LogP contribution is 2.27. The van der Waals surface area contributed by atoms with E-state index in [9.17, 15) is 20.0 Å². The van der Waals surface area contributed by atoms with Crippen LogP contribution in [0.15, 0.2) is 29.1 Å². The van der Waals surface area contributed by atoms with Crippen LogP contribution in [0.4, 0.5) is 0 Å². The van der Waals surface area contributed by atoms with Crippen LogP contribution < -0.4 is 10.3 Å². The van der Waals surface area contributed by atoms with Crippen molar-refractivity contribution < 1.29 is 19.4 Å². The minimum atomic E-state index is -0.616. The zero-order chi connectivity index (χ0) is 19.6. The van der Waals surface area contributed by atoms with E-state index in [0.29, 0.717) is 17.9 Å². The van der Waals surface area contributed by atoms with Crippen LogP contribution in [0.1, 0.15) is 39.9 Å². The number of pyridine rings is 1. The Hall–Kier alpha value is -3.11. The molecule has 1 fully saturated rings. The van der Waals surface area contributed by atoms with Crippen molar-refractivity contribution in [3.05, 3.63) is 56.9 Å². The van der Waals surface area contributed by atoms with Gasteiger partial charge in [-0.2, -0.15) is 5.26 Å². The Kier molecular flexibility index (Phi) is 5.28. The van der Waals surface area contributed by atoms with E-state index < -0.39 is 17.2 Å². The normalized spacial score (nSPS) is 16.1. The number of carbonyl (C=O) groups excluding carboxylic acids is 1. The first kappa shape index (κ1) is 18.7. The van der Waals surface area contributed by atoms with E-state index in [-0.39, 0.29) is 29.3 Å². The highest BCUT2D eigenvalue weighted by molar-refractivity contribution is 6.11. The van der Waals surface area contributed by atoms with Gasteiger partial charge in [-0.05, 0) is 49.6 Å². The fraction of sp³-hybridized carbons (Fsp3) is 0.350. The number of benzene rings is 1. The smallest absolute Gasteiger partial charge is 0.271 e. The molecule has 140 valence electrons. The first-order valence-corrected chi connectivity index (χ1v) is 8.64.